The number of nitrogens with one attached hydrogen (secondary N) is 1. The van der Waals surface area contributed by atoms with E-state index in [1.165, 1.54) is 5.39 Å². The van der Waals surface area contributed by atoms with Gasteiger partial charge in [-0.1, -0.05) is 12.1 Å². The Labute approximate surface area is 144 Å². The number of nitrogens with zero attached hydrogens (tertiary/aromatic N) is 3. The van der Waals surface area contributed by atoms with Gasteiger partial charge in [0.05, 0.1) is 17.9 Å². The Morgan fingerprint density at radius 1 is 1.12 bits per heavy atom. The molecule has 6 nitrogen and oxygen atoms in total. The average molecular weight is 334 g/mol. The first-order valence-corrected chi connectivity index (χ1v) is 8.46. The van der Waals surface area contributed by atoms with Crippen molar-refractivity contribution in [2.24, 2.45) is 5.92 Å². The summed E-state index contributed by atoms with van der Waals surface area (Å²) >= 11 is 0. The third kappa shape index (κ3) is 2.25. The van der Waals surface area contributed by atoms with Gasteiger partial charge < -0.3 is 19.9 Å². The molecule has 6 heteroatoms. The molecule has 2 N–H and O–H groups in total. The number of amides is 1. The molecule has 0 radical (unpaired) electrons. The predicted octanol–water partition coefficient (Wildman–Crippen LogP) is 3.03. The maximum absolute atomic E-state index is 11.2. The molecule has 2 aliphatic rings. The van der Waals surface area contributed by atoms with Crippen LogP contribution < -0.4 is 4.90 Å². The molecule has 2 aromatic heterocycles. The van der Waals surface area contributed by atoms with Crippen molar-refractivity contribution in [2.75, 3.05) is 24.5 Å². The maximum Gasteiger partial charge on any atom is 0.407 e. The van der Waals surface area contributed by atoms with E-state index in [1.807, 2.05) is 18.6 Å². The largest absolute Gasteiger partial charge is 0.465 e. The number of benzene rings is 1. The molecule has 1 amide bonds. The number of hydrogen-bond acceptors (Lipinski definition) is 3. The minimum Gasteiger partial charge on any atom is -0.465 e. The summed E-state index contributed by atoms with van der Waals surface area (Å²) in [5, 5.41) is 10.4. The highest BCUT2D eigenvalue weighted by molar-refractivity contribution is 5.85. The lowest BCUT2D eigenvalue weighted by Crippen LogP contribution is -2.57. The summed E-state index contributed by atoms with van der Waals surface area (Å²) in [5.74, 6) is 0.440. The van der Waals surface area contributed by atoms with Crippen LogP contribution in [0.15, 0.2) is 48.9 Å². The summed E-state index contributed by atoms with van der Waals surface area (Å²) in [5.41, 5.74) is 4.37. The van der Waals surface area contributed by atoms with Gasteiger partial charge >= 0.3 is 6.09 Å². The van der Waals surface area contributed by atoms with Crippen molar-refractivity contribution in [2.45, 2.75) is 6.04 Å². The highest BCUT2D eigenvalue weighted by Crippen LogP contribution is 2.36. The molecule has 2 unspecified atom stereocenters. The van der Waals surface area contributed by atoms with Gasteiger partial charge in [-0.05, 0) is 29.1 Å². The molecular formula is C19H18N4O2. The first-order valence-electron chi connectivity index (χ1n) is 8.46. The smallest absolute Gasteiger partial charge is 0.407 e. The van der Waals surface area contributed by atoms with Crippen molar-refractivity contribution in [3.8, 4) is 11.1 Å². The van der Waals surface area contributed by atoms with Crippen LogP contribution in [0.3, 0.4) is 0 Å². The number of aromatic nitrogens is 2. The Morgan fingerprint density at radius 3 is 2.92 bits per heavy atom. The molecule has 25 heavy (non-hydrogen) atoms. The van der Waals surface area contributed by atoms with Crippen LogP contribution in [0.25, 0.3) is 22.0 Å². The fraction of sp³-hybridized carbons (Fsp3) is 0.263. The van der Waals surface area contributed by atoms with Crippen LogP contribution in [0.2, 0.25) is 0 Å². The SMILES string of the molecule is O=C(O)N1CC2CN(c3cncc(-c4ccc5cc[nH]c5c4)c3)CC21. The van der Waals surface area contributed by atoms with E-state index in [4.69, 9.17) is 0 Å². The molecule has 2 saturated heterocycles. The van der Waals surface area contributed by atoms with E-state index in [9.17, 15) is 9.90 Å². The zero-order valence-electron chi connectivity index (χ0n) is 13.6. The molecule has 1 aromatic carbocycles. The number of aromatic amines is 1. The summed E-state index contributed by atoms with van der Waals surface area (Å²) in [6.45, 7) is 2.29. The van der Waals surface area contributed by atoms with Crippen LogP contribution in [-0.4, -0.2) is 51.7 Å². The average Bonchev–Trinajstić information content (AvgIpc) is 3.19. The maximum atomic E-state index is 11.2. The lowest BCUT2D eigenvalue weighted by atomic mass is 9.93. The van der Waals surface area contributed by atoms with Crippen molar-refractivity contribution < 1.29 is 9.90 Å². The fourth-order valence-corrected chi connectivity index (χ4v) is 4.05. The van der Waals surface area contributed by atoms with Gasteiger partial charge in [0, 0.05) is 49.0 Å². The normalized spacial score (nSPS) is 22.1. The number of hydrogen-bond donors (Lipinski definition) is 2. The van der Waals surface area contributed by atoms with Crippen LogP contribution in [0.4, 0.5) is 10.5 Å². The highest BCUT2D eigenvalue weighted by atomic mass is 16.4. The minimum absolute atomic E-state index is 0.122. The van der Waals surface area contributed by atoms with Gasteiger partial charge in [0.1, 0.15) is 0 Å². The number of likely N-dealkylation sites (tertiary alicyclic amines) is 1. The second-order valence-electron chi connectivity index (χ2n) is 6.88. The van der Waals surface area contributed by atoms with Crippen LogP contribution in [0, 0.1) is 5.92 Å². The molecule has 3 aromatic rings. The Hall–Kier alpha value is -3.02. The standard InChI is InChI=1S/C19H18N4O2/c24-19(25)23-10-15-9-22(11-18(15)23)16-5-14(7-20-8-16)13-2-1-12-3-4-21-17(12)6-13/h1-8,15,18,21H,9-11H2,(H,24,25). The first-order chi connectivity index (χ1) is 12.2. The quantitative estimate of drug-likeness (QED) is 0.755. The van der Waals surface area contributed by atoms with Crippen LogP contribution >= 0.6 is 0 Å². The number of pyridine rings is 1. The van der Waals surface area contributed by atoms with Gasteiger partial charge in [0.2, 0.25) is 0 Å². The van der Waals surface area contributed by atoms with Crippen LogP contribution in [-0.2, 0) is 0 Å². The zero-order valence-corrected chi connectivity index (χ0v) is 13.6. The van der Waals surface area contributed by atoms with Crippen molar-refractivity contribution in [3.05, 3.63) is 48.9 Å². The fourth-order valence-electron chi connectivity index (χ4n) is 4.05. The van der Waals surface area contributed by atoms with Gasteiger partial charge in [-0.15, -0.1) is 0 Å². The molecule has 0 saturated carbocycles. The van der Waals surface area contributed by atoms with E-state index in [1.54, 1.807) is 4.90 Å². The van der Waals surface area contributed by atoms with Gasteiger partial charge in [0.15, 0.2) is 0 Å². The van der Waals surface area contributed by atoms with Gasteiger partial charge in [-0.3, -0.25) is 4.98 Å². The topological polar surface area (TPSA) is 72.5 Å². The van der Waals surface area contributed by atoms with Gasteiger partial charge in [-0.2, -0.15) is 0 Å². The summed E-state index contributed by atoms with van der Waals surface area (Å²) < 4.78 is 0. The molecule has 2 aliphatic heterocycles. The lowest BCUT2D eigenvalue weighted by Gasteiger charge is -2.40. The van der Waals surface area contributed by atoms with Crippen molar-refractivity contribution in [3.63, 3.8) is 0 Å². The van der Waals surface area contributed by atoms with E-state index in [-0.39, 0.29) is 6.04 Å². The predicted molar refractivity (Wildman–Crippen MR) is 95.8 cm³/mol. The second-order valence-corrected chi connectivity index (χ2v) is 6.88. The molecule has 0 bridgehead atoms. The van der Waals surface area contributed by atoms with E-state index >= 15 is 0 Å². The number of carboxylic acid groups (broad SMARTS) is 1. The number of rotatable bonds is 2. The summed E-state index contributed by atoms with van der Waals surface area (Å²) in [6.07, 6.45) is 4.88. The Bertz CT molecular complexity index is 967. The van der Waals surface area contributed by atoms with Gasteiger partial charge in [-0.25, -0.2) is 4.79 Å². The molecule has 0 aliphatic carbocycles. The Morgan fingerprint density at radius 2 is 2.04 bits per heavy atom. The Balaban J connectivity index is 1.43. The number of fused-ring (bicyclic) bond motifs is 2. The number of anilines is 1. The first kappa shape index (κ1) is 14.3. The molecule has 126 valence electrons. The van der Waals surface area contributed by atoms with E-state index in [0.29, 0.717) is 12.5 Å². The van der Waals surface area contributed by atoms with E-state index in [0.717, 1.165) is 35.4 Å². The van der Waals surface area contributed by atoms with Crippen LogP contribution in [0.5, 0.6) is 0 Å². The number of H-pyrrole nitrogens is 1. The second kappa shape index (κ2) is 5.24. The summed E-state index contributed by atoms with van der Waals surface area (Å²) in [6, 6.07) is 10.7. The molecule has 5 rings (SSSR count). The van der Waals surface area contributed by atoms with E-state index in [2.05, 4.69) is 45.2 Å². The van der Waals surface area contributed by atoms with E-state index < -0.39 is 6.09 Å². The molecule has 4 heterocycles. The third-order valence-corrected chi connectivity index (χ3v) is 5.46. The molecule has 2 fully saturated rings. The minimum atomic E-state index is -0.811. The van der Waals surface area contributed by atoms with Crippen molar-refractivity contribution >= 4 is 22.7 Å². The van der Waals surface area contributed by atoms with Crippen molar-refractivity contribution in [1.29, 1.82) is 0 Å². The van der Waals surface area contributed by atoms with Crippen molar-refractivity contribution in [1.82, 2.24) is 14.9 Å². The summed E-state index contributed by atoms with van der Waals surface area (Å²) in [4.78, 5) is 22.6. The number of carbonyl (C=O) groups is 1. The zero-order chi connectivity index (χ0) is 17.0. The molecule has 2 atom stereocenters. The highest BCUT2D eigenvalue weighted by Gasteiger charge is 2.48. The third-order valence-electron chi connectivity index (χ3n) is 5.46. The monoisotopic (exact) mass is 334 g/mol. The molecule has 0 spiro atoms. The lowest BCUT2D eigenvalue weighted by molar-refractivity contribution is 0.0507. The summed E-state index contributed by atoms with van der Waals surface area (Å²) in [7, 11) is 0. The molecular weight excluding hydrogens is 316 g/mol. The van der Waals surface area contributed by atoms with Crippen LogP contribution in [0.1, 0.15) is 0 Å². The van der Waals surface area contributed by atoms with Gasteiger partial charge in [0.25, 0.3) is 0 Å². The Kier molecular flexibility index (Phi) is 3.00.